The molecule has 0 atom stereocenters. The molecule has 5 aromatic rings. The lowest BCUT2D eigenvalue weighted by Crippen LogP contribution is -2.17. The van der Waals surface area contributed by atoms with Crippen molar-refractivity contribution in [1.29, 1.82) is 0 Å². The molecule has 156 valence electrons. The molecule has 1 amide bonds. The van der Waals surface area contributed by atoms with Gasteiger partial charge in [0.2, 0.25) is 0 Å². The second-order valence-corrected chi connectivity index (χ2v) is 7.50. The standard InChI is InChI=1S/C25H18N4O3/c30-25(17-8-11-23-24(14-17)32-13-12-31-23)26-18-9-10-20-21(15-18)28-29(27-20)22-7-3-5-16-4-1-2-6-19(16)22/h1-11,14-15H,12-13H2,(H,26,30). The molecular formula is C25H18N4O3. The Morgan fingerprint density at radius 3 is 2.56 bits per heavy atom. The second-order valence-electron chi connectivity index (χ2n) is 7.50. The lowest BCUT2D eigenvalue weighted by molar-refractivity contribution is 0.102. The van der Waals surface area contributed by atoms with E-state index < -0.39 is 0 Å². The van der Waals surface area contributed by atoms with Crippen LogP contribution >= 0.6 is 0 Å². The Morgan fingerprint density at radius 1 is 0.812 bits per heavy atom. The number of ether oxygens (including phenoxy) is 2. The molecule has 7 nitrogen and oxygen atoms in total. The van der Waals surface area contributed by atoms with Crippen LogP contribution in [-0.4, -0.2) is 34.1 Å². The number of rotatable bonds is 3. The van der Waals surface area contributed by atoms with E-state index in [1.165, 1.54) is 0 Å². The minimum atomic E-state index is -0.234. The van der Waals surface area contributed by atoms with E-state index in [0.29, 0.717) is 41.5 Å². The summed E-state index contributed by atoms with van der Waals surface area (Å²) in [5.41, 5.74) is 3.48. The highest BCUT2D eigenvalue weighted by Crippen LogP contribution is 2.31. The summed E-state index contributed by atoms with van der Waals surface area (Å²) in [7, 11) is 0. The zero-order valence-electron chi connectivity index (χ0n) is 17.0. The maximum Gasteiger partial charge on any atom is 0.255 e. The van der Waals surface area contributed by atoms with Crippen LogP contribution in [0.2, 0.25) is 0 Å². The van der Waals surface area contributed by atoms with Crippen molar-refractivity contribution in [3.05, 3.63) is 84.4 Å². The predicted molar refractivity (Wildman–Crippen MR) is 122 cm³/mol. The first-order valence-electron chi connectivity index (χ1n) is 10.3. The maximum absolute atomic E-state index is 12.8. The topological polar surface area (TPSA) is 78.3 Å². The third-order valence-electron chi connectivity index (χ3n) is 5.42. The second kappa shape index (κ2) is 7.39. The average Bonchev–Trinajstić information content (AvgIpc) is 3.26. The molecule has 1 aliphatic heterocycles. The molecule has 1 N–H and O–H groups in total. The van der Waals surface area contributed by atoms with Gasteiger partial charge < -0.3 is 14.8 Å². The average molecular weight is 422 g/mol. The highest BCUT2D eigenvalue weighted by atomic mass is 16.6. The molecule has 0 radical (unpaired) electrons. The van der Waals surface area contributed by atoms with Crippen molar-refractivity contribution in [2.75, 3.05) is 18.5 Å². The zero-order chi connectivity index (χ0) is 21.5. The zero-order valence-corrected chi connectivity index (χ0v) is 17.0. The normalized spacial score (nSPS) is 12.8. The van der Waals surface area contributed by atoms with Crippen LogP contribution in [-0.2, 0) is 0 Å². The number of amides is 1. The van der Waals surface area contributed by atoms with Gasteiger partial charge in [0.15, 0.2) is 11.5 Å². The lowest BCUT2D eigenvalue weighted by Gasteiger charge is -2.18. The molecule has 0 spiro atoms. The third kappa shape index (κ3) is 3.20. The number of carbonyl (C=O) groups is 1. The summed E-state index contributed by atoms with van der Waals surface area (Å²) in [5, 5.41) is 14.4. The molecule has 0 fully saturated rings. The Labute approximate surface area is 183 Å². The van der Waals surface area contributed by atoms with E-state index in [4.69, 9.17) is 9.47 Å². The van der Waals surface area contributed by atoms with E-state index in [1.54, 1.807) is 23.0 Å². The van der Waals surface area contributed by atoms with Gasteiger partial charge in [-0.15, -0.1) is 15.0 Å². The fourth-order valence-electron chi connectivity index (χ4n) is 3.87. The summed E-state index contributed by atoms with van der Waals surface area (Å²) < 4.78 is 11.1. The number of nitrogens with zero attached hydrogens (tertiary/aromatic N) is 3. The molecule has 32 heavy (non-hydrogen) atoms. The van der Waals surface area contributed by atoms with E-state index in [-0.39, 0.29) is 5.91 Å². The van der Waals surface area contributed by atoms with Gasteiger partial charge in [0.05, 0.1) is 5.69 Å². The van der Waals surface area contributed by atoms with Gasteiger partial charge in [-0.3, -0.25) is 4.79 Å². The molecule has 0 saturated carbocycles. The van der Waals surface area contributed by atoms with Gasteiger partial charge in [-0.25, -0.2) is 0 Å². The number of aromatic nitrogens is 3. The van der Waals surface area contributed by atoms with Crippen molar-refractivity contribution < 1.29 is 14.3 Å². The molecule has 4 aromatic carbocycles. The minimum absolute atomic E-state index is 0.234. The van der Waals surface area contributed by atoms with Crippen LogP contribution in [0.5, 0.6) is 11.5 Å². The van der Waals surface area contributed by atoms with Crippen molar-refractivity contribution in [3.63, 3.8) is 0 Å². The van der Waals surface area contributed by atoms with Crippen LogP contribution in [0, 0.1) is 0 Å². The Balaban J connectivity index is 1.30. The largest absolute Gasteiger partial charge is 0.486 e. The molecule has 0 aliphatic carbocycles. The van der Waals surface area contributed by atoms with Crippen LogP contribution in [0.25, 0.3) is 27.5 Å². The molecule has 0 bridgehead atoms. The molecule has 6 rings (SSSR count). The first-order chi connectivity index (χ1) is 15.7. The van der Waals surface area contributed by atoms with E-state index in [9.17, 15) is 4.79 Å². The quantitative estimate of drug-likeness (QED) is 0.460. The minimum Gasteiger partial charge on any atom is -0.486 e. The van der Waals surface area contributed by atoms with Crippen molar-refractivity contribution in [3.8, 4) is 17.2 Å². The molecule has 2 heterocycles. The summed E-state index contributed by atoms with van der Waals surface area (Å²) in [4.78, 5) is 14.4. The van der Waals surface area contributed by atoms with E-state index in [1.807, 2.05) is 42.5 Å². The Bertz CT molecular complexity index is 1490. The molecule has 1 aromatic heterocycles. The van der Waals surface area contributed by atoms with Crippen molar-refractivity contribution in [2.24, 2.45) is 0 Å². The Kier molecular flexibility index (Phi) is 4.24. The van der Waals surface area contributed by atoms with E-state index >= 15 is 0 Å². The summed E-state index contributed by atoms with van der Waals surface area (Å²) in [5.74, 6) is 0.999. The summed E-state index contributed by atoms with van der Waals surface area (Å²) in [6.07, 6.45) is 0. The van der Waals surface area contributed by atoms with Gasteiger partial charge in [0.25, 0.3) is 5.91 Å². The van der Waals surface area contributed by atoms with Gasteiger partial charge in [-0.2, -0.15) is 0 Å². The first-order valence-corrected chi connectivity index (χ1v) is 10.3. The number of carbonyl (C=O) groups excluding carboxylic acids is 1. The predicted octanol–water partition coefficient (Wildman–Crippen LogP) is 4.60. The van der Waals surface area contributed by atoms with Crippen molar-refractivity contribution in [1.82, 2.24) is 15.0 Å². The van der Waals surface area contributed by atoms with Gasteiger partial charge in [0, 0.05) is 16.6 Å². The monoisotopic (exact) mass is 422 g/mol. The van der Waals surface area contributed by atoms with Crippen molar-refractivity contribution >= 4 is 33.4 Å². The number of benzene rings is 4. The maximum atomic E-state index is 12.8. The summed E-state index contributed by atoms with van der Waals surface area (Å²) in [6, 6.07) is 24.8. The summed E-state index contributed by atoms with van der Waals surface area (Å²) in [6.45, 7) is 0.985. The number of nitrogens with one attached hydrogen (secondary N) is 1. The van der Waals surface area contributed by atoms with Crippen LogP contribution in [0.15, 0.2) is 78.9 Å². The van der Waals surface area contributed by atoms with Gasteiger partial charge in [0.1, 0.15) is 24.2 Å². The van der Waals surface area contributed by atoms with Crippen molar-refractivity contribution in [2.45, 2.75) is 0 Å². The van der Waals surface area contributed by atoms with Crippen LogP contribution < -0.4 is 14.8 Å². The number of hydrogen-bond donors (Lipinski definition) is 1. The van der Waals surface area contributed by atoms with Crippen LogP contribution in [0.1, 0.15) is 10.4 Å². The SMILES string of the molecule is O=C(Nc1ccc2nn(-c3cccc4ccccc34)nc2c1)c1ccc2c(c1)OCCO2. The highest BCUT2D eigenvalue weighted by molar-refractivity contribution is 6.05. The van der Waals surface area contributed by atoms with Gasteiger partial charge >= 0.3 is 0 Å². The van der Waals surface area contributed by atoms with E-state index in [0.717, 1.165) is 22.0 Å². The van der Waals surface area contributed by atoms with E-state index in [2.05, 4.69) is 33.7 Å². The molecule has 7 heteroatoms. The number of anilines is 1. The smallest absolute Gasteiger partial charge is 0.255 e. The number of hydrogen-bond acceptors (Lipinski definition) is 5. The molecule has 0 saturated heterocycles. The molecule has 0 unspecified atom stereocenters. The van der Waals surface area contributed by atoms with Crippen LogP contribution in [0.3, 0.4) is 0 Å². The Morgan fingerprint density at radius 2 is 1.62 bits per heavy atom. The fraction of sp³-hybridized carbons (Fsp3) is 0.0800. The molecular weight excluding hydrogens is 404 g/mol. The first kappa shape index (κ1) is 18.4. The summed E-state index contributed by atoms with van der Waals surface area (Å²) >= 11 is 0. The van der Waals surface area contributed by atoms with Crippen LogP contribution in [0.4, 0.5) is 5.69 Å². The highest BCUT2D eigenvalue weighted by Gasteiger charge is 2.16. The lowest BCUT2D eigenvalue weighted by atomic mass is 10.1. The Hall–Kier alpha value is -4.39. The van der Waals surface area contributed by atoms with Gasteiger partial charge in [-0.05, 0) is 47.9 Å². The fourth-order valence-corrected chi connectivity index (χ4v) is 3.87. The molecule has 1 aliphatic rings. The van der Waals surface area contributed by atoms with Gasteiger partial charge in [-0.1, -0.05) is 36.4 Å². The number of fused-ring (bicyclic) bond motifs is 3. The third-order valence-corrected chi connectivity index (χ3v) is 5.42.